The van der Waals surface area contributed by atoms with E-state index in [1.54, 1.807) is 0 Å². The summed E-state index contributed by atoms with van der Waals surface area (Å²) in [5, 5.41) is 12.9. The predicted molar refractivity (Wildman–Crippen MR) is 87.0 cm³/mol. The maximum atomic E-state index is 12.2. The highest BCUT2D eigenvalue weighted by atomic mass is 19.4. The zero-order valence-corrected chi connectivity index (χ0v) is 13.4. The van der Waals surface area contributed by atoms with E-state index in [9.17, 15) is 13.2 Å². The molecule has 6 nitrogen and oxygen atoms in total. The smallest absolute Gasteiger partial charge is 0.406 e. The molecule has 3 aromatic rings. The highest BCUT2D eigenvalue weighted by Crippen LogP contribution is 2.24. The molecule has 0 saturated carbocycles. The summed E-state index contributed by atoms with van der Waals surface area (Å²) in [6.07, 6.45) is -2.55. The number of nitrogens with one attached hydrogen (secondary N) is 1. The van der Waals surface area contributed by atoms with E-state index in [1.807, 2.05) is 24.3 Å². The molecule has 0 radical (unpaired) electrons. The third kappa shape index (κ3) is 4.58. The highest BCUT2D eigenvalue weighted by molar-refractivity contribution is 5.55. The van der Waals surface area contributed by atoms with Crippen molar-refractivity contribution in [2.75, 3.05) is 6.54 Å². The summed E-state index contributed by atoms with van der Waals surface area (Å²) in [6, 6.07) is 12.9. The summed E-state index contributed by atoms with van der Waals surface area (Å²) >= 11 is 0. The Morgan fingerprint density at radius 1 is 1.04 bits per heavy atom. The topological polar surface area (TPSA) is 72.2 Å². The molecule has 0 fully saturated rings. The van der Waals surface area contributed by atoms with Crippen molar-refractivity contribution in [2.24, 2.45) is 0 Å². The van der Waals surface area contributed by atoms with Crippen molar-refractivity contribution >= 4 is 0 Å². The van der Waals surface area contributed by atoms with Crippen molar-refractivity contribution in [3.63, 3.8) is 0 Å². The van der Waals surface area contributed by atoms with Crippen LogP contribution in [0.1, 0.15) is 5.56 Å². The van der Waals surface area contributed by atoms with E-state index in [0.29, 0.717) is 24.5 Å². The number of hydrogen-bond acceptors (Lipinski definition) is 5. The summed E-state index contributed by atoms with van der Waals surface area (Å²) in [5.41, 5.74) is 4.52. The Kier molecular flexibility index (Phi) is 5.19. The number of hydroxylamine groups is 1. The molecule has 0 saturated heterocycles. The predicted octanol–water partition coefficient (Wildman–Crippen LogP) is 3.35. The molecule has 0 atom stereocenters. The zero-order valence-electron chi connectivity index (χ0n) is 13.4. The third-order valence-corrected chi connectivity index (χ3v) is 3.56. The van der Waals surface area contributed by atoms with Gasteiger partial charge in [-0.1, -0.05) is 24.3 Å². The lowest BCUT2D eigenvalue weighted by Gasteiger charge is -2.09. The highest BCUT2D eigenvalue weighted by Gasteiger charge is 2.30. The van der Waals surface area contributed by atoms with E-state index in [-0.39, 0.29) is 5.75 Å². The van der Waals surface area contributed by atoms with Gasteiger partial charge >= 0.3 is 6.36 Å². The Labute approximate surface area is 146 Å². The van der Waals surface area contributed by atoms with Crippen LogP contribution in [0.2, 0.25) is 0 Å². The van der Waals surface area contributed by atoms with Crippen molar-refractivity contribution in [3.05, 3.63) is 60.4 Å². The van der Waals surface area contributed by atoms with Crippen molar-refractivity contribution < 1.29 is 23.1 Å². The normalized spacial score (nSPS) is 11.5. The molecule has 9 heteroatoms. The number of nitrogens with zero attached hydrogens (tertiary/aromatic N) is 3. The van der Waals surface area contributed by atoms with Crippen LogP contribution < -0.4 is 10.2 Å². The fourth-order valence-corrected chi connectivity index (χ4v) is 2.34. The average molecular weight is 364 g/mol. The molecule has 1 heterocycles. The van der Waals surface area contributed by atoms with E-state index in [4.69, 9.17) is 5.21 Å². The van der Waals surface area contributed by atoms with E-state index in [2.05, 4.69) is 20.3 Å². The zero-order chi connectivity index (χ0) is 18.6. The fourth-order valence-electron chi connectivity index (χ4n) is 2.34. The number of rotatable bonds is 6. The van der Waals surface area contributed by atoms with Crippen LogP contribution in [-0.4, -0.2) is 32.9 Å². The molecule has 26 heavy (non-hydrogen) atoms. The van der Waals surface area contributed by atoms with Gasteiger partial charge in [0.25, 0.3) is 0 Å². The molecule has 136 valence electrons. The van der Waals surface area contributed by atoms with Gasteiger partial charge in [0.05, 0.1) is 5.69 Å². The van der Waals surface area contributed by atoms with E-state index >= 15 is 0 Å². The Bertz CT molecular complexity index is 846. The second kappa shape index (κ2) is 7.54. The van der Waals surface area contributed by atoms with E-state index in [0.717, 1.165) is 11.1 Å². The molecular formula is C17H15F3N4O2. The van der Waals surface area contributed by atoms with Gasteiger partial charge in [0, 0.05) is 12.1 Å². The molecule has 3 rings (SSSR count). The fraction of sp³-hybridized carbons (Fsp3) is 0.176. The minimum absolute atomic E-state index is 0.297. The van der Waals surface area contributed by atoms with Crippen molar-refractivity contribution in [3.8, 4) is 22.8 Å². The number of ether oxygens (including phenoxy) is 1. The molecule has 2 aromatic carbocycles. The first-order valence-corrected chi connectivity index (χ1v) is 7.69. The van der Waals surface area contributed by atoms with Crippen molar-refractivity contribution in [2.45, 2.75) is 12.8 Å². The second-order valence-electron chi connectivity index (χ2n) is 5.41. The molecule has 0 unspecified atom stereocenters. The Balaban J connectivity index is 1.73. The first-order chi connectivity index (χ1) is 12.4. The van der Waals surface area contributed by atoms with Crippen LogP contribution in [0.3, 0.4) is 0 Å². The van der Waals surface area contributed by atoms with Gasteiger partial charge in [-0.25, -0.2) is 15.1 Å². The quantitative estimate of drug-likeness (QED) is 0.657. The summed E-state index contributed by atoms with van der Waals surface area (Å²) < 4.78 is 41.9. The van der Waals surface area contributed by atoms with Gasteiger partial charge in [-0.05, 0) is 36.2 Å². The Morgan fingerprint density at radius 3 is 2.35 bits per heavy atom. The van der Waals surface area contributed by atoms with Gasteiger partial charge in [-0.15, -0.1) is 18.3 Å². The largest absolute Gasteiger partial charge is 0.573 e. The van der Waals surface area contributed by atoms with Gasteiger partial charge in [0.15, 0.2) is 5.82 Å². The molecule has 0 spiro atoms. The van der Waals surface area contributed by atoms with Gasteiger partial charge in [0.1, 0.15) is 12.1 Å². The summed E-state index contributed by atoms with van der Waals surface area (Å²) in [7, 11) is 0. The third-order valence-electron chi connectivity index (χ3n) is 3.56. The summed E-state index contributed by atoms with van der Waals surface area (Å²) in [4.78, 5) is 4.22. The monoisotopic (exact) mass is 364 g/mol. The molecule has 0 aliphatic carbocycles. The summed E-state index contributed by atoms with van der Waals surface area (Å²) in [6.45, 7) is 0.459. The molecule has 1 aromatic heterocycles. The number of hydrogen-bond donors (Lipinski definition) is 2. The molecule has 0 aliphatic heterocycles. The van der Waals surface area contributed by atoms with E-state index in [1.165, 1.54) is 35.3 Å². The minimum atomic E-state index is -4.72. The van der Waals surface area contributed by atoms with Gasteiger partial charge in [0.2, 0.25) is 0 Å². The SMILES string of the molecule is ONCCc1ccc(-c2ncn(-c3ccc(OC(F)(F)F)cc3)n2)cc1. The number of benzene rings is 2. The standard InChI is InChI=1S/C17H15F3N4O2/c18-17(19,20)26-15-7-5-14(6-8-15)24-11-21-16(23-24)13-3-1-12(2-4-13)9-10-22-25/h1-8,11,22,25H,9-10H2. The van der Waals surface area contributed by atoms with E-state index < -0.39 is 6.36 Å². The van der Waals surface area contributed by atoms with Crippen molar-refractivity contribution in [1.82, 2.24) is 20.2 Å². The van der Waals surface area contributed by atoms with Crippen molar-refractivity contribution in [1.29, 1.82) is 0 Å². The Morgan fingerprint density at radius 2 is 1.73 bits per heavy atom. The number of aromatic nitrogens is 3. The van der Waals surface area contributed by atoms with Crippen LogP contribution in [0.25, 0.3) is 17.1 Å². The van der Waals surface area contributed by atoms with Crippen LogP contribution in [0.4, 0.5) is 13.2 Å². The lowest BCUT2D eigenvalue weighted by molar-refractivity contribution is -0.274. The first-order valence-electron chi connectivity index (χ1n) is 7.69. The van der Waals surface area contributed by atoms with Crippen LogP contribution in [-0.2, 0) is 6.42 Å². The average Bonchev–Trinajstić information content (AvgIpc) is 3.10. The first kappa shape index (κ1) is 17.9. The molecule has 0 bridgehead atoms. The number of halogens is 3. The molecule has 0 aliphatic rings. The second-order valence-corrected chi connectivity index (χ2v) is 5.41. The molecule has 0 amide bonds. The van der Waals surface area contributed by atoms with Crippen LogP contribution in [0, 0.1) is 0 Å². The lowest BCUT2D eigenvalue weighted by Crippen LogP contribution is -2.17. The maximum absolute atomic E-state index is 12.2. The Hall–Kier alpha value is -2.91. The van der Waals surface area contributed by atoms with Gasteiger partial charge < -0.3 is 9.94 Å². The van der Waals surface area contributed by atoms with Crippen LogP contribution in [0.15, 0.2) is 54.9 Å². The lowest BCUT2D eigenvalue weighted by atomic mass is 10.1. The molecule has 2 N–H and O–H groups in total. The molecular weight excluding hydrogens is 349 g/mol. The number of alkyl halides is 3. The van der Waals surface area contributed by atoms with Gasteiger partial charge in [-0.2, -0.15) is 0 Å². The van der Waals surface area contributed by atoms with Gasteiger partial charge in [-0.3, -0.25) is 0 Å². The van der Waals surface area contributed by atoms with Crippen LogP contribution >= 0.6 is 0 Å². The van der Waals surface area contributed by atoms with Crippen LogP contribution in [0.5, 0.6) is 5.75 Å². The maximum Gasteiger partial charge on any atom is 0.573 e. The summed E-state index contributed by atoms with van der Waals surface area (Å²) in [5.74, 6) is 0.196. The minimum Gasteiger partial charge on any atom is -0.406 e.